The van der Waals surface area contributed by atoms with E-state index in [-0.39, 0.29) is 6.10 Å². The van der Waals surface area contributed by atoms with Crippen LogP contribution in [0.25, 0.3) is 0 Å². The Bertz CT molecular complexity index is 561. The molecular weight excluding hydrogens is 264 g/mol. The average Bonchev–Trinajstić information content (AvgIpc) is 2.70. The van der Waals surface area contributed by atoms with Crippen molar-refractivity contribution in [3.05, 3.63) is 56.8 Å². The number of fused-ring (bicyclic) bond motifs is 1. The summed E-state index contributed by atoms with van der Waals surface area (Å²) in [4.78, 5) is 2.67. The smallest absolute Gasteiger partial charge is 0.0922 e. The minimum absolute atomic E-state index is 0.353. The maximum atomic E-state index is 10.5. The molecule has 0 spiro atoms. The third-order valence-electron chi connectivity index (χ3n) is 4.11. The fourth-order valence-corrected chi connectivity index (χ4v) is 4.26. The number of thiophene rings is 1. The molecule has 1 N–H and O–H groups in total. The van der Waals surface area contributed by atoms with E-state index >= 15 is 0 Å². The van der Waals surface area contributed by atoms with Crippen LogP contribution in [0.3, 0.4) is 0 Å². The Kier molecular flexibility index (Phi) is 4.23. The number of hydrogen-bond donors (Lipinski definition) is 1. The number of benzene rings is 1. The summed E-state index contributed by atoms with van der Waals surface area (Å²) >= 11 is 1.83. The molecule has 0 saturated carbocycles. The summed E-state index contributed by atoms with van der Waals surface area (Å²) < 4.78 is 0. The van der Waals surface area contributed by atoms with Crippen molar-refractivity contribution in [2.75, 3.05) is 0 Å². The van der Waals surface area contributed by atoms with Gasteiger partial charge < -0.3 is 5.11 Å². The number of hydrogen-bond acceptors (Lipinski definition) is 2. The first kappa shape index (κ1) is 13.8. The van der Waals surface area contributed by atoms with Crippen molar-refractivity contribution in [2.45, 2.75) is 51.6 Å². The molecule has 0 aliphatic heterocycles. The predicted octanol–water partition coefficient (Wildman–Crippen LogP) is 4.60. The van der Waals surface area contributed by atoms with E-state index in [1.807, 2.05) is 11.3 Å². The lowest BCUT2D eigenvalue weighted by Gasteiger charge is -2.09. The van der Waals surface area contributed by atoms with Crippen molar-refractivity contribution < 1.29 is 5.11 Å². The van der Waals surface area contributed by atoms with Crippen molar-refractivity contribution in [3.63, 3.8) is 0 Å². The molecule has 1 aliphatic rings. The molecule has 1 aromatic carbocycles. The Labute approximate surface area is 125 Å². The molecule has 0 amide bonds. The summed E-state index contributed by atoms with van der Waals surface area (Å²) in [5, 5.41) is 10.5. The fourth-order valence-electron chi connectivity index (χ4n) is 3.02. The van der Waals surface area contributed by atoms with E-state index in [2.05, 4.69) is 37.3 Å². The van der Waals surface area contributed by atoms with Crippen molar-refractivity contribution in [1.82, 2.24) is 0 Å². The second kappa shape index (κ2) is 6.11. The third kappa shape index (κ3) is 3.13. The minimum Gasteiger partial charge on any atom is -0.387 e. The summed E-state index contributed by atoms with van der Waals surface area (Å²) in [5.41, 5.74) is 3.98. The molecule has 1 heterocycles. The maximum absolute atomic E-state index is 10.5. The Balaban J connectivity index is 1.75. The highest BCUT2D eigenvalue weighted by molar-refractivity contribution is 7.12. The number of rotatable bonds is 3. The van der Waals surface area contributed by atoms with Crippen LogP contribution in [0.2, 0.25) is 0 Å². The van der Waals surface area contributed by atoms with Crippen LogP contribution in [0.15, 0.2) is 30.3 Å². The van der Waals surface area contributed by atoms with Gasteiger partial charge in [-0.1, -0.05) is 36.2 Å². The van der Waals surface area contributed by atoms with E-state index < -0.39 is 0 Å². The average molecular weight is 286 g/mol. The summed E-state index contributed by atoms with van der Waals surface area (Å²) in [6.07, 6.45) is 6.73. The molecule has 106 valence electrons. The molecule has 0 bridgehead atoms. The molecule has 2 heteroatoms. The molecule has 0 saturated heterocycles. The van der Waals surface area contributed by atoms with E-state index in [1.165, 1.54) is 53.7 Å². The topological polar surface area (TPSA) is 20.2 Å². The van der Waals surface area contributed by atoms with Crippen LogP contribution in [0.4, 0.5) is 0 Å². The monoisotopic (exact) mass is 286 g/mol. The van der Waals surface area contributed by atoms with Crippen LogP contribution >= 0.6 is 11.3 Å². The highest BCUT2D eigenvalue weighted by atomic mass is 32.1. The highest BCUT2D eigenvalue weighted by Gasteiger charge is 2.17. The van der Waals surface area contributed by atoms with Gasteiger partial charge in [0.05, 0.1) is 6.10 Å². The third-order valence-corrected chi connectivity index (χ3v) is 5.44. The molecule has 2 aromatic rings. The van der Waals surface area contributed by atoms with Gasteiger partial charge in [-0.15, -0.1) is 11.3 Å². The number of aliphatic hydroxyl groups excluding tert-OH is 1. The molecule has 1 unspecified atom stereocenters. The maximum Gasteiger partial charge on any atom is 0.0922 e. The quantitative estimate of drug-likeness (QED) is 0.817. The SMILES string of the molecule is Cc1cccc(CC(O)c2cc3c(s2)CCCCC3)c1. The Morgan fingerprint density at radius 3 is 2.85 bits per heavy atom. The van der Waals surface area contributed by atoms with Gasteiger partial charge in [0.2, 0.25) is 0 Å². The first-order valence-electron chi connectivity index (χ1n) is 7.57. The van der Waals surface area contributed by atoms with Gasteiger partial charge in [-0.05, 0) is 49.8 Å². The van der Waals surface area contributed by atoms with E-state index in [1.54, 1.807) is 0 Å². The van der Waals surface area contributed by atoms with Gasteiger partial charge in [-0.25, -0.2) is 0 Å². The van der Waals surface area contributed by atoms with Crippen LogP contribution < -0.4 is 0 Å². The fraction of sp³-hybridized carbons (Fsp3) is 0.444. The van der Waals surface area contributed by atoms with E-state index in [0.29, 0.717) is 0 Å². The second-order valence-corrected chi connectivity index (χ2v) is 7.04. The van der Waals surface area contributed by atoms with Crippen LogP contribution in [0.1, 0.15) is 51.8 Å². The lowest BCUT2D eigenvalue weighted by Crippen LogP contribution is -1.99. The van der Waals surface area contributed by atoms with Gasteiger partial charge >= 0.3 is 0 Å². The van der Waals surface area contributed by atoms with Crippen molar-refractivity contribution in [1.29, 1.82) is 0 Å². The van der Waals surface area contributed by atoms with Crippen molar-refractivity contribution >= 4 is 11.3 Å². The van der Waals surface area contributed by atoms with Crippen LogP contribution in [0.5, 0.6) is 0 Å². The molecule has 0 radical (unpaired) electrons. The largest absolute Gasteiger partial charge is 0.387 e. The summed E-state index contributed by atoms with van der Waals surface area (Å²) in [6.45, 7) is 2.10. The zero-order chi connectivity index (χ0) is 13.9. The summed E-state index contributed by atoms with van der Waals surface area (Å²) in [5.74, 6) is 0. The molecule has 1 aliphatic carbocycles. The number of aliphatic hydroxyl groups is 1. The van der Waals surface area contributed by atoms with Gasteiger partial charge in [-0.2, -0.15) is 0 Å². The van der Waals surface area contributed by atoms with Crippen molar-refractivity contribution in [3.8, 4) is 0 Å². The Hall–Kier alpha value is -1.12. The zero-order valence-electron chi connectivity index (χ0n) is 12.1. The molecule has 1 atom stereocenters. The summed E-state index contributed by atoms with van der Waals surface area (Å²) in [6, 6.07) is 10.7. The first-order chi connectivity index (χ1) is 9.72. The predicted molar refractivity (Wildman–Crippen MR) is 85.4 cm³/mol. The standard InChI is InChI=1S/C18H22OS/c1-13-6-5-7-14(10-13)11-16(19)18-12-15-8-3-2-4-9-17(15)20-18/h5-7,10,12,16,19H,2-4,8-9,11H2,1H3. The lowest BCUT2D eigenvalue weighted by atomic mass is 10.0. The van der Waals surface area contributed by atoms with E-state index in [4.69, 9.17) is 0 Å². The van der Waals surface area contributed by atoms with Gasteiger partial charge in [0.1, 0.15) is 0 Å². The Morgan fingerprint density at radius 1 is 1.15 bits per heavy atom. The minimum atomic E-state index is -0.353. The van der Waals surface area contributed by atoms with Gasteiger partial charge in [0, 0.05) is 16.2 Å². The van der Waals surface area contributed by atoms with Crippen molar-refractivity contribution in [2.24, 2.45) is 0 Å². The highest BCUT2D eigenvalue weighted by Crippen LogP contribution is 2.33. The summed E-state index contributed by atoms with van der Waals surface area (Å²) in [7, 11) is 0. The molecule has 1 aromatic heterocycles. The van der Waals surface area contributed by atoms with Crippen LogP contribution in [-0.2, 0) is 19.3 Å². The van der Waals surface area contributed by atoms with Crippen LogP contribution in [0, 0.1) is 6.92 Å². The molecule has 1 nitrogen and oxygen atoms in total. The molecular formula is C18H22OS. The zero-order valence-corrected chi connectivity index (χ0v) is 12.9. The molecule has 3 rings (SSSR count). The van der Waals surface area contributed by atoms with Gasteiger partial charge in [0.25, 0.3) is 0 Å². The molecule has 0 fully saturated rings. The molecule has 20 heavy (non-hydrogen) atoms. The Morgan fingerprint density at radius 2 is 2.00 bits per heavy atom. The second-order valence-electron chi connectivity index (χ2n) is 5.87. The van der Waals surface area contributed by atoms with E-state index in [9.17, 15) is 5.11 Å². The first-order valence-corrected chi connectivity index (χ1v) is 8.39. The van der Waals surface area contributed by atoms with Crippen LogP contribution in [-0.4, -0.2) is 5.11 Å². The van der Waals surface area contributed by atoms with Gasteiger partial charge in [0.15, 0.2) is 0 Å². The van der Waals surface area contributed by atoms with E-state index in [0.717, 1.165) is 11.3 Å². The lowest BCUT2D eigenvalue weighted by molar-refractivity contribution is 0.182. The number of aryl methyl sites for hydroxylation is 3. The van der Waals surface area contributed by atoms with Gasteiger partial charge in [-0.3, -0.25) is 0 Å². The normalized spacial score (nSPS) is 16.5.